The molecular weight excluding hydrogens is 278 g/mol. The van der Waals surface area contributed by atoms with Crippen LogP contribution in [0.2, 0.25) is 0 Å². The summed E-state index contributed by atoms with van der Waals surface area (Å²) in [5.41, 5.74) is 2.72. The zero-order valence-corrected chi connectivity index (χ0v) is 12.1. The molecule has 1 N–H and O–H groups in total. The molecule has 2 nitrogen and oxygen atoms in total. The molecule has 1 heterocycles. The van der Waals surface area contributed by atoms with Crippen molar-refractivity contribution < 1.29 is 4.74 Å². The van der Waals surface area contributed by atoms with Crippen LogP contribution in [0.5, 0.6) is 0 Å². The van der Waals surface area contributed by atoms with Crippen molar-refractivity contribution in [3.05, 3.63) is 33.8 Å². The lowest BCUT2D eigenvalue weighted by Gasteiger charge is -2.34. The van der Waals surface area contributed by atoms with Crippen LogP contribution in [0.1, 0.15) is 30.9 Å². The molecule has 1 unspecified atom stereocenters. The van der Waals surface area contributed by atoms with Crippen LogP contribution in [0.25, 0.3) is 0 Å². The molecular formula is C14H20BrNO. The van der Waals surface area contributed by atoms with Gasteiger partial charge in [-0.15, -0.1) is 0 Å². The van der Waals surface area contributed by atoms with Crippen LogP contribution in [-0.2, 0) is 11.3 Å². The molecule has 1 saturated heterocycles. The highest BCUT2D eigenvalue weighted by molar-refractivity contribution is 9.10. The fraction of sp³-hybridized carbons (Fsp3) is 0.571. The normalized spacial score (nSPS) is 24.9. The molecule has 0 spiro atoms. The van der Waals surface area contributed by atoms with E-state index in [1.807, 2.05) is 0 Å². The Kier molecular flexibility index (Phi) is 4.23. The van der Waals surface area contributed by atoms with Crippen molar-refractivity contribution in [2.75, 3.05) is 13.2 Å². The summed E-state index contributed by atoms with van der Waals surface area (Å²) in [5.74, 6) is 0. The minimum atomic E-state index is 0.128. The molecule has 0 bridgehead atoms. The third-order valence-corrected chi connectivity index (χ3v) is 4.09. The summed E-state index contributed by atoms with van der Waals surface area (Å²) in [6, 6.07) is 6.50. The zero-order chi connectivity index (χ0) is 12.3. The first-order valence-corrected chi connectivity index (χ1v) is 6.96. The van der Waals surface area contributed by atoms with E-state index in [4.69, 9.17) is 4.74 Å². The highest BCUT2D eigenvalue weighted by Crippen LogP contribution is 2.22. The average molecular weight is 298 g/mol. The van der Waals surface area contributed by atoms with Crippen LogP contribution in [-0.4, -0.2) is 18.8 Å². The van der Waals surface area contributed by atoms with E-state index in [0.29, 0.717) is 0 Å². The van der Waals surface area contributed by atoms with Crippen molar-refractivity contribution in [1.29, 1.82) is 0 Å². The smallest absolute Gasteiger partial charge is 0.0645 e. The number of ether oxygens (including phenoxy) is 1. The Morgan fingerprint density at radius 3 is 2.94 bits per heavy atom. The Morgan fingerprint density at radius 2 is 2.29 bits per heavy atom. The standard InChI is InChI=1S/C14H20BrNO/c1-11-4-5-12(13(15)8-11)9-16-14(2)6-3-7-17-10-14/h4-5,8,16H,3,6-7,9-10H2,1-2H3. The number of rotatable bonds is 3. The van der Waals surface area contributed by atoms with E-state index in [1.165, 1.54) is 22.0 Å². The summed E-state index contributed by atoms with van der Waals surface area (Å²) in [6.07, 6.45) is 2.34. The predicted molar refractivity (Wildman–Crippen MR) is 74.2 cm³/mol. The molecule has 94 valence electrons. The topological polar surface area (TPSA) is 21.3 Å². The van der Waals surface area contributed by atoms with Crippen LogP contribution >= 0.6 is 15.9 Å². The van der Waals surface area contributed by atoms with E-state index in [9.17, 15) is 0 Å². The summed E-state index contributed by atoms with van der Waals surface area (Å²) >= 11 is 3.62. The number of hydrogen-bond donors (Lipinski definition) is 1. The Labute approximate surface area is 112 Å². The van der Waals surface area contributed by atoms with E-state index in [2.05, 4.69) is 53.3 Å². The van der Waals surface area contributed by atoms with Crippen LogP contribution in [0.3, 0.4) is 0 Å². The van der Waals surface area contributed by atoms with Gasteiger partial charge >= 0.3 is 0 Å². The summed E-state index contributed by atoms with van der Waals surface area (Å²) in [7, 11) is 0. The zero-order valence-electron chi connectivity index (χ0n) is 10.6. The Balaban J connectivity index is 1.97. The maximum absolute atomic E-state index is 5.55. The van der Waals surface area contributed by atoms with E-state index in [1.54, 1.807) is 0 Å². The molecule has 1 aromatic carbocycles. The van der Waals surface area contributed by atoms with Gasteiger partial charge in [-0.1, -0.05) is 28.1 Å². The molecule has 3 heteroatoms. The Bertz CT molecular complexity index is 386. The average Bonchev–Trinajstić information content (AvgIpc) is 2.29. The molecule has 1 fully saturated rings. The Morgan fingerprint density at radius 1 is 1.47 bits per heavy atom. The first kappa shape index (κ1) is 13.1. The fourth-order valence-electron chi connectivity index (χ4n) is 2.18. The van der Waals surface area contributed by atoms with Crippen molar-refractivity contribution in [3.63, 3.8) is 0 Å². The third kappa shape index (κ3) is 3.54. The quantitative estimate of drug-likeness (QED) is 0.923. The molecule has 2 rings (SSSR count). The molecule has 0 aromatic heterocycles. The van der Waals surface area contributed by atoms with Gasteiger partial charge in [0.05, 0.1) is 6.61 Å². The van der Waals surface area contributed by atoms with Gasteiger partial charge in [0, 0.05) is 23.2 Å². The minimum Gasteiger partial charge on any atom is -0.380 e. The second-order valence-corrected chi connectivity index (χ2v) is 6.02. The molecule has 0 radical (unpaired) electrons. The SMILES string of the molecule is Cc1ccc(CNC2(C)CCCOC2)c(Br)c1. The van der Waals surface area contributed by atoms with Crippen LogP contribution in [0.4, 0.5) is 0 Å². The molecule has 17 heavy (non-hydrogen) atoms. The number of benzene rings is 1. The number of nitrogens with one attached hydrogen (secondary N) is 1. The van der Waals surface area contributed by atoms with Gasteiger partial charge in [0.25, 0.3) is 0 Å². The van der Waals surface area contributed by atoms with E-state index in [0.717, 1.165) is 26.2 Å². The van der Waals surface area contributed by atoms with Crippen LogP contribution < -0.4 is 5.32 Å². The summed E-state index contributed by atoms with van der Waals surface area (Å²) < 4.78 is 6.73. The first-order chi connectivity index (χ1) is 8.09. The summed E-state index contributed by atoms with van der Waals surface area (Å²) in [6.45, 7) is 6.97. The molecule has 0 saturated carbocycles. The molecule has 1 atom stereocenters. The predicted octanol–water partition coefficient (Wildman–Crippen LogP) is 3.42. The van der Waals surface area contributed by atoms with Gasteiger partial charge in [-0.3, -0.25) is 0 Å². The highest BCUT2D eigenvalue weighted by atomic mass is 79.9. The van der Waals surface area contributed by atoms with Gasteiger partial charge in [0.1, 0.15) is 0 Å². The lowest BCUT2D eigenvalue weighted by atomic mass is 9.94. The summed E-state index contributed by atoms with van der Waals surface area (Å²) in [5, 5.41) is 3.62. The van der Waals surface area contributed by atoms with E-state index >= 15 is 0 Å². The van der Waals surface area contributed by atoms with Crippen molar-refractivity contribution in [2.45, 2.75) is 38.8 Å². The largest absolute Gasteiger partial charge is 0.380 e. The number of aryl methyl sites for hydroxylation is 1. The van der Waals surface area contributed by atoms with Gasteiger partial charge in [-0.2, -0.15) is 0 Å². The van der Waals surface area contributed by atoms with Gasteiger partial charge in [-0.25, -0.2) is 0 Å². The third-order valence-electron chi connectivity index (χ3n) is 3.35. The van der Waals surface area contributed by atoms with Crippen molar-refractivity contribution in [1.82, 2.24) is 5.32 Å². The monoisotopic (exact) mass is 297 g/mol. The summed E-state index contributed by atoms with van der Waals surface area (Å²) in [4.78, 5) is 0. The highest BCUT2D eigenvalue weighted by Gasteiger charge is 2.26. The molecule has 1 aromatic rings. The van der Waals surface area contributed by atoms with Gasteiger partial charge in [-0.05, 0) is 43.9 Å². The maximum Gasteiger partial charge on any atom is 0.0645 e. The number of halogens is 1. The van der Waals surface area contributed by atoms with Crippen molar-refractivity contribution in [3.8, 4) is 0 Å². The molecule has 0 aliphatic carbocycles. The van der Waals surface area contributed by atoms with Crippen LogP contribution in [0.15, 0.2) is 22.7 Å². The lowest BCUT2D eigenvalue weighted by Crippen LogP contribution is -2.48. The van der Waals surface area contributed by atoms with Gasteiger partial charge in [0.15, 0.2) is 0 Å². The first-order valence-electron chi connectivity index (χ1n) is 6.17. The van der Waals surface area contributed by atoms with Crippen molar-refractivity contribution in [2.24, 2.45) is 0 Å². The van der Waals surface area contributed by atoms with E-state index in [-0.39, 0.29) is 5.54 Å². The van der Waals surface area contributed by atoms with E-state index < -0.39 is 0 Å². The minimum absolute atomic E-state index is 0.128. The molecule has 1 aliphatic rings. The molecule has 0 amide bonds. The maximum atomic E-state index is 5.55. The fourth-order valence-corrected chi connectivity index (χ4v) is 2.81. The molecule has 1 aliphatic heterocycles. The van der Waals surface area contributed by atoms with Crippen molar-refractivity contribution >= 4 is 15.9 Å². The Hall–Kier alpha value is -0.380. The number of hydrogen-bond acceptors (Lipinski definition) is 2. The second-order valence-electron chi connectivity index (χ2n) is 5.17. The van der Waals surface area contributed by atoms with Gasteiger partial charge in [0.2, 0.25) is 0 Å². The van der Waals surface area contributed by atoms with Gasteiger partial charge < -0.3 is 10.1 Å². The van der Waals surface area contributed by atoms with Crippen LogP contribution in [0, 0.1) is 6.92 Å². The lowest BCUT2D eigenvalue weighted by molar-refractivity contribution is 0.0277. The second kappa shape index (κ2) is 5.51.